The molecule has 1 saturated heterocycles. The summed E-state index contributed by atoms with van der Waals surface area (Å²) in [4.78, 5) is 24.6. The van der Waals surface area contributed by atoms with E-state index in [1.165, 1.54) is 12.1 Å². The summed E-state index contributed by atoms with van der Waals surface area (Å²) in [6, 6.07) is 14.9. The average Bonchev–Trinajstić information content (AvgIpc) is 3.35. The van der Waals surface area contributed by atoms with E-state index in [2.05, 4.69) is 15.3 Å². The Morgan fingerprint density at radius 3 is 2.74 bits per heavy atom. The van der Waals surface area contributed by atoms with Crippen molar-refractivity contribution in [2.75, 3.05) is 20.1 Å². The Balaban J connectivity index is 1.69. The summed E-state index contributed by atoms with van der Waals surface area (Å²) in [5, 5.41) is 4.21. The van der Waals surface area contributed by atoms with Gasteiger partial charge in [-0.25, -0.2) is 4.39 Å². The normalized spacial score (nSPS) is 15.6. The van der Waals surface area contributed by atoms with Crippen LogP contribution in [0.3, 0.4) is 0 Å². The highest BCUT2D eigenvalue weighted by Gasteiger charge is 2.25. The number of nitrogens with one attached hydrogen (secondary N) is 1. The minimum absolute atomic E-state index is 0.0960. The summed E-state index contributed by atoms with van der Waals surface area (Å²) in [5.41, 5.74) is 5.24. The Morgan fingerprint density at radius 2 is 2.00 bits per heavy atom. The standard InChI is InChI=1S/C28H27FN4O/c1-18-11-21(13-22(29)12-18)25-16-32-26-8-7-19(20-5-3-9-30-15-20)14-24(26)27(25)28(34)33(2)17-23-6-4-10-31-23/h3,5,7-9,11-16,23,31H,4,6,10,17H2,1-2H3/t23-/m0/s1. The molecule has 1 amide bonds. The molecule has 5 nitrogen and oxygen atoms in total. The van der Waals surface area contributed by atoms with Crippen molar-refractivity contribution in [3.63, 3.8) is 0 Å². The van der Waals surface area contributed by atoms with Crippen molar-refractivity contribution in [3.8, 4) is 22.3 Å². The predicted octanol–water partition coefficient (Wildman–Crippen LogP) is 5.24. The Kier molecular flexibility index (Phi) is 6.07. The van der Waals surface area contributed by atoms with Crippen LogP contribution in [0.4, 0.5) is 4.39 Å². The van der Waals surface area contributed by atoms with Gasteiger partial charge in [-0.2, -0.15) is 0 Å². The zero-order chi connectivity index (χ0) is 23.7. The number of likely N-dealkylation sites (N-methyl/N-ethyl adjacent to an activating group) is 1. The van der Waals surface area contributed by atoms with Crippen molar-refractivity contribution < 1.29 is 9.18 Å². The molecule has 0 spiro atoms. The monoisotopic (exact) mass is 454 g/mol. The molecule has 3 heterocycles. The molecule has 6 heteroatoms. The number of benzene rings is 2. The second-order valence-corrected chi connectivity index (χ2v) is 9.02. The summed E-state index contributed by atoms with van der Waals surface area (Å²) in [6.07, 6.45) is 7.39. The van der Waals surface area contributed by atoms with Gasteiger partial charge in [-0.1, -0.05) is 18.2 Å². The number of hydrogen-bond acceptors (Lipinski definition) is 4. The van der Waals surface area contributed by atoms with Crippen molar-refractivity contribution in [1.29, 1.82) is 0 Å². The minimum atomic E-state index is -0.332. The molecule has 2 aromatic carbocycles. The molecule has 0 bridgehead atoms. The Bertz CT molecular complexity index is 1330. The third-order valence-electron chi connectivity index (χ3n) is 6.43. The number of rotatable bonds is 5. The number of pyridine rings is 2. The number of amides is 1. The Hall–Kier alpha value is -3.64. The molecule has 1 fully saturated rings. The molecule has 0 radical (unpaired) electrons. The lowest BCUT2D eigenvalue weighted by atomic mass is 9.94. The van der Waals surface area contributed by atoms with Crippen molar-refractivity contribution in [2.45, 2.75) is 25.8 Å². The maximum Gasteiger partial charge on any atom is 0.255 e. The topological polar surface area (TPSA) is 58.1 Å². The first-order valence-electron chi connectivity index (χ1n) is 11.6. The van der Waals surface area contributed by atoms with Gasteiger partial charge in [0.15, 0.2) is 0 Å². The fraction of sp³-hybridized carbons (Fsp3) is 0.250. The van der Waals surface area contributed by atoms with Crippen LogP contribution in [0.2, 0.25) is 0 Å². The first-order valence-corrected chi connectivity index (χ1v) is 11.6. The van der Waals surface area contributed by atoms with Crippen molar-refractivity contribution in [3.05, 3.63) is 84.1 Å². The van der Waals surface area contributed by atoms with Crippen molar-refractivity contribution >= 4 is 16.8 Å². The molecule has 1 aliphatic heterocycles. The van der Waals surface area contributed by atoms with E-state index in [9.17, 15) is 9.18 Å². The van der Waals surface area contributed by atoms with Gasteiger partial charge in [-0.15, -0.1) is 0 Å². The van der Waals surface area contributed by atoms with Crippen LogP contribution in [-0.2, 0) is 0 Å². The summed E-state index contributed by atoms with van der Waals surface area (Å²) >= 11 is 0. The zero-order valence-electron chi connectivity index (χ0n) is 19.4. The van der Waals surface area contributed by atoms with E-state index in [0.717, 1.165) is 47.0 Å². The Labute approximate surface area is 198 Å². The molecule has 0 unspecified atom stereocenters. The number of halogens is 1. The minimum Gasteiger partial charge on any atom is -0.340 e. The fourth-order valence-corrected chi connectivity index (χ4v) is 4.76. The lowest BCUT2D eigenvalue weighted by Crippen LogP contribution is -2.38. The Morgan fingerprint density at radius 1 is 1.12 bits per heavy atom. The van der Waals surface area contributed by atoms with E-state index in [4.69, 9.17) is 0 Å². The first kappa shape index (κ1) is 22.2. The smallest absolute Gasteiger partial charge is 0.255 e. The van der Waals surface area contributed by atoms with E-state index in [1.807, 2.05) is 50.4 Å². The van der Waals surface area contributed by atoms with Gasteiger partial charge in [0.2, 0.25) is 0 Å². The molecule has 34 heavy (non-hydrogen) atoms. The van der Waals surface area contributed by atoms with Crippen LogP contribution < -0.4 is 5.32 Å². The molecule has 1 N–H and O–H groups in total. The third kappa shape index (κ3) is 4.41. The van der Waals surface area contributed by atoms with Gasteiger partial charge in [0.25, 0.3) is 5.91 Å². The van der Waals surface area contributed by atoms with Gasteiger partial charge in [0, 0.05) is 54.7 Å². The van der Waals surface area contributed by atoms with Gasteiger partial charge < -0.3 is 10.2 Å². The van der Waals surface area contributed by atoms with Crippen LogP contribution in [0.1, 0.15) is 28.8 Å². The summed E-state index contributed by atoms with van der Waals surface area (Å²) in [5.74, 6) is -0.428. The van der Waals surface area contributed by atoms with Gasteiger partial charge >= 0.3 is 0 Å². The third-order valence-corrected chi connectivity index (χ3v) is 6.43. The molecule has 5 rings (SSSR count). The van der Waals surface area contributed by atoms with Crippen molar-refractivity contribution in [2.24, 2.45) is 0 Å². The van der Waals surface area contributed by atoms with Gasteiger partial charge in [0.05, 0.1) is 11.1 Å². The van der Waals surface area contributed by atoms with E-state index in [-0.39, 0.29) is 17.8 Å². The zero-order valence-corrected chi connectivity index (χ0v) is 19.4. The van der Waals surface area contributed by atoms with Gasteiger partial charge in [-0.3, -0.25) is 14.8 Å². The van der Waals surface area contributed by atoms with Crippen LogP contribution in [0.25, 0.3) is 33.2 Å². The first-order chi connectivity index (χ1) is 16.5. The van der Waals surface area contributed by atoms with E-state index in [1.54, 1.807) is 23.5 Å². The van der Waals surface area contributed by atoms with Crippen molar-refractivity contribution in [1.82, 2.24) is 20.2 Å². The number of aromatic nitrogens is 2. The lowest BCUT2D eigenvalue weighted by Gasteiger charge is -2.24. The van der Waals surface area contributed by atoms with Gasteiger partial charge in [0.1, 0.15) is 5.82 Å². The molecular weight excluding hydrogens is 427 g/mol. The molecule has 1 aliphatic rings. The van der Waals surface area contributed by atoms with Crippen LogP contribution in [-0.4, -0.2) is 47.0 Å². The van der Waals surface area contributed by atoms with Crippen LogP contribution >= 0.6 is 0 Å². The molecule has 0 saturated carbocycles. The number of aryl methyl sites for hydroxylation is 1. The number of carbonyl (C=O) groups excluding carboxylic acids is 1. The molecular formula is C28H27FN4O. The number of fused-ring (bicyclic) bond motifs is 1. The van der Waals surface area contributed by atoms with Crippen LogP contribution in [0.15, 0.2) is 67.1 Å². The number of hydrogen-bond donors (Lipinski definition) is 1. The summed E-state index contributed by atoms with van der Waals surface area (Å²) in [6.45, 7) is 3.45. The molecule has 0 aliphatic carbocycles. The summed E-state index contributed by atoms with van der Waals surface area (Å²) in [7, 11) is 1.83. The van der Waals surface area contributed by atoms with E-state index >= 15 is 0 Å². The lowest BCUT2D eigenvalue weighted by molar-refractivity contribution is 0.0786. The highest BCUT2D eigenvalue weighted by atomic mass is 19.1. The highest BCUT2D eigenvalue weighted by Crippen LogP contribution is 2.33. The maximum absolute atomic E-state index is 14.3. The number of carbonyl (C=O) groups is 1. The maximum atomic E-state index is 14.3. The largest absolute Gasteiger partial charge is 0.340 e. The van der Waals surface area contributed by atoms with Crippen LogP contribution in [0.5, 0.6) is 0 Å². The second kappa shape index (κ2) is 9.31. The predicted molar refractivity (Wildman–Crippen MR) is 133 cm³/mol. The number of nitrogens with zero attached hydrogens (tertiary/aromatic N) is 3. The van der Waals surface area contributed by atoms with E-state index < -0.39 is 0 Å². The molecule has 1 atom stereocenters. The fourth-order valence-electron chi connectivity index (χ4n) is 4.76. The second-order valence-electron chi connectivity index (χ2n) is 9.02. The van der Waals surface area contributed by atoms with Gasteiger partial charge in [-0.05, 0) is 73.3 Å². The van der Waals surface area contributed by atoms with Crippen LogP contribution in [0, 0.1) is 12.7 Å². The SMILES string of the molecule is Cc1cc(F)cc(-c2cnc3ccc(-c4cccnc4)cc3c2C(=O)N(C)C[C@@H]2CCCN2)c1. The molecule has 2 aromatic heterocycles. The van der Waals surface area contributed by atoms with E-state index in [0.29, 0.717) is 23.2 Å². The summed E-state index contributed by atoms with van der Waals surface area (Å²) < 4.78 is 14.3. The highest BCUT2D eigenvalue weighted by molar-refractivity contribution is 6.12. The molecule has 172 valence electrons. The quantitative estimate of drug-likeness (QED) is 0.448. The molecule has 4 aromatic rings. The average molecular weight is 455 g/mol.